The van der Waals surface area contributed by atoms with Gasteiger partial charge in [0, 0.05) is 0 Å². The van der Waals surface area contributed by atoms with Crippen LogP contribution in [0.5, 0.6) is 17.2 Å². The quantitative estimate of drug-likeness (QED) is 0.571. The molecule has 4 nitrogen and oxygen atoms in total. The molecule has 0 spiro atoms. The lowest BCUT2D eigenvalue weighted by molar-refractivity contribution is 0.158. The summed E-state index contributed by atoms with van der Waals surface area (Å²) < 4.78 is 23.8. The molecule has 0 heterocycles. The minimum atomic E-state index is -0.292. The summed E-state index contributed by atoms with van der Waals surface area (Å²) >= 11 is 0. The predicted molar refractivity (Wildman–Crippen MR) is 78.5 cm³/mol. The second-order valence-electron chi connectivity index (χ2n) is 4.04. The number of oxime groups is 1. The zero-order valence-electron chi connectivity index (χ0n) is 11.7. The molecule has 0 aliphatic carbocycles. The van der Waals surface area contributed by atoms with E-state index < -0.39 is 0 Å². The summed E-state index contributed by atoms with van der Waals surface area (Å²) in [4.78, 5) is 4.81. The summed E-state index contributed by atoms with van der Waals surface area (Å²) in [5, 5.41) is 3.68. The molecule has 0 aromatic heterocycles. The number of nitrogens with zero attached hydrogens (tertiary/aromatic N) is 1. The Bertz CT molecular complexity index is 567. The van der Waals surface area contributed by atoms with Crippen LogP contribution in [0.15, 0.2) is 53.7 Å². The second kappa shape index (κ2) is 7.89. The number of benzene rings is 2. The van der Waals surface area contributed by atoms with E-state index in [4.69, 9.17) is 14.3 Å². The Morgan fingerprint density at radius 3 is 2.14 bits per heavy atom. The first-order valence-electron chi connectivity index (χ1n) is 6.58. The minimum absolute atomic E-state index is 0.292. The highest BCUT2D eigenvalue weighted by Gasteiger charge is 1.99. The van der Waals surface area contributed by atoms with Crippen molar-refractivity contribution in [3.05, 3.63) is 54.3 Å². The van der Waals surface area contributed by atoms with Gasteiger partial charge in [-0.25, -0.2) is 4.39 Å². The molecular formula is C16H16FNO3. The molecule has 110 valence electrons. The molecule has 0 saturated carbocycles. The molecule has 0 fully saturated rings. The van der Waals surface area contributed by atoms with E-state index in [1.165, 1.54) is 12.1 Å². The third-order valence-electron chi connectivity index (χ3n) is 2.48. The third-order valence-corrected chi connectivity index (χ3v) is 2.48. The molecule has 0 N–H and O–H groups in total. The Hall–Kier alpha value is -2.56. The van der Waals surface area contributed by atoms with Gasteiger partial charge in [-0.1, -0.05) is 5.16 Å². The number of rotatable bonds is 7. The van der Waals surface area contributed by atoms with Crippen LogP contribution >= 0.6 is 0 Å². The molecule has 0 unspecified atom stereocenters. The van der Waals surface area contributed by atoms with E-state index in [1.54, 1.807) is 42.6 Å². The molecule has 0 saturated heterocycles. The molecule has 0 amide bonds. The minimum Gasteiger partial charge on any atom is -0.488 e. The number of halogens is 1. The Kier molecular flexibility index (Phi) is 5.58. The first-order valence-corrected chi connectivity index (χ1v) is 6.58. The van der Waals surface area contributed by atoms with Crippen LogP contribution in [0.2, 0.25) is 0 Å². The van der Waals surface area contributed by atoms with Gasteiger partial charge in [-0.05, 0) is 55.5 Å². The van der Waals surface area contributed by atoms with Gasteiger partial charge in [0.2, 0.25) is 0 Å². The standard InChI is InChI=1S/C16H16FNO3/c1-2-20-18-11-12-19-14-7-9-16(10-8-14)21-15-5-3-13(17)4-6-15/h3-11H,2,12H2,1H3/b18-11+. The average molecular weight is 289 g/mol. The van der Waals surface area contributed by atoms with E-state index >= 15 is 0 Å². The number of ether oxygens (including phenoxy) is 2. The Morgan fingerprint density at radius 1 is 0.952 bits per heavy atom. The smallest absolute Gasteiger partial charge is 0.127 e. The summed E-state index contributed by atoms with van der Waals surface area (Å²) in [6.07, 6.45) is 1.55. The molecule has 0 aliphatic heterocycles. The van der Waals surface area contributed by atoms with Crippen molar-refractivity contribution in [1.82, 2.24) is 0 Å². The molecule has 0 radical (unpaired) electrons. The van der Waals surface area contributed by atoms with Gasteiger partial charge >= 0.3 is 0 Å². The highest BCUT2D eigenvalue weighted by Crippen LogP contribution is 2.23. The van der Waals surface area contributed by atoms with Crippen molar-refractivity contribution in [3.63, 3.8) is 0 Å². The van der Waals surface area contributed by atoms with Gasteiger partial charge in [-0.2, -0.15) is 0 Å². The van der Waals surface area contributed by atoms with E-state index in [2.05, 4.69) is 5.16 Å². The van der Waals surface area contributed by atoms with Gasteiger partial charge in [0.15, 0.2) is 0 Å². The Morgan fingerprint density at radius 2 is 1.52 bits per heavy atom. The van der Waals surface area contributed by atoms with Crippen molar-refractivity contribution in [1.29, 1.82) is 0 Å². The number of hydrogen-bond acceptors (Lipinski definition) is 4. The highest BCUT2D eigenvalue weighted by atomic mass is 19.1. The van der Waals surface area contributed by atoms with Crippen molar-refractivity contribution in [2.24, 2.45) is 5.16 Å². The Balaban J connectivity index is 1.85. The molecule has 0 aliphatic rings. The van der Waals surface area contributed by atoms with E-state index in [0.29, 0.717) is 30.5 Å². The molecule has 5 heteroatoms. The van der Waals surface area contributed by atoms with Gasteiger partial charge in [0.1, 0.15) is 36.3 Å². The van der Waals surface area contributed by atoms with Crippen molar-refractivity contribution < 1.29 is 18.7 Å². The summed E-state index contributed by atoms with van der Waals surface area (Å²) in [7, 11) is 0. The van der Waals surface area contributed by atoms with Crippen LogP contribution in [0.4, 0.5) is 4.39 Å². The van der Waals surface area contributed by atoms with E-state index in [1.807, 2.05) is 6.92 Å². The number of hydrogen-bond donors (Lipinski definition) is 0. The molecule has 21 heavy (non-hydrogen) atoms. The lowest BCUT2D eigenvalue weighted by Crippen LogP contribution is -1.98. The predicted octanol–water partition coefficient (Wildman–Crippen LogP) is 4.02. The Labute approximate surface area is 122 Å². The molecule has 2 rings (SSSR count). The van der Waals surface area contributed by atoms with Crippen molar-refractivity contribution in [3.8, 4) is 17.2 Å². The normalized spacial score (nSPS) is 10.6. The topological polar surface area (TPSA) is 40.0 Å². The summed E-state index contributed by atoms with van der Waals surface area (Å²) in [5.74, 6) is 1.63. The van der Waals surface area contributed by atoms with Crippen LogP contribution in [-0.4, -0.2) is 19.4 Å². The molecule has 0 bridgehead atoms. The van der Waals surface area contributed by atoms with Crippen molar-refractivity contribution in [2.75, 3.05) is 13.2 Å². The zero-order valence-corrected chi connectivity index (χ0v) is 11.7. The van der Waals surface area contributed by atoms with Crippen LogP contribution < -0.4 is 9.47 Å². The molecular weight excluding hydrogens is 273 g/mol. The SMILES string of the molecule is CCO/N=C/COc1ccc(Oc2ccc(F)cc2)cc1. The van der Waals surface area contributed by atoms with Gasteiger partial charge in [0.25, 0.3) is 0 Å². The molecule has 2 aromatic carbocycles. The van der Waals surface area contributed by atoms with Crippen molar-refractivity contribution >= 4 is 6.21 Å². The van der Waals surface area contributed by atoms with Gasteiger partial charge in [-0.3, -0.25) is 0 Å². The maximum absolute atomic E-state index is 12.8. The summed E-state index contributed by atoms with van der Waals surface area (Å²) in [6.45, 7) is 2.72. The summed E-state index contributed by atoms with van der Waals surface area (Å²) in [6, 6.07) is 13.0. The maximum Gasteiger partial charge on any atom is 0.127 e. The van der Waals surface area contributed by atoms with Crippen LogP contribution in [0.25, 0.3) is 0 Å². The van der Waals surface area contributed by atoms with E-state index in [0.717, 1.165) is 0 Å². The van der Waals surface area contributed by atoms with Gasteiger partial charge in [-0.15, -0.1) is 0 Å². The second-order valence-corrected chi connectivity index (χ2v) is 4.04. The lowest BCUT2D eigenvalue weighted by atomic mass is 10.3. The maximum atomic E-state index is 12.8. The third kappa shape index (κ3) is 5.14. The van der Waals surface area contributed by atoms with Gasteiger partial charge < -0.3 is 14.3 Å². The van der Waals surface area contributed by atoms with Gasteiger partial charge in [0.05, 0.1) is 6.21 Å². The van der Waals surface area contributed by atoms with Crippen molar-refractivity contribution in [2.45, 2.75) is 6.92 Å². The van der Waals surface area contributed by atoms with Crippen LogP contribution in [-0.2, 0) is 4.84 Å². The van der Waals surface area contributed by atoms with E-state index in [9.17, 15) is 4.39 Å². The zero-order chi connectivity index (χ0) is 14.9. The highest BCUT2D eigenvalue weighted by molar-refractivity contribution is 5.58. The molecule has 0 atom stereocenters. The van der Waals surface area contributed by atoms with Crippen LogP contribution in [0, 0.1) is 5.82 Å². The fraction of sp³-hybridized carbons (Fsp3) is 0.188. The first kappa shape index (κ1) is 14.8. The first-order chi connectivity index (χ1) is 10.3. The summed E-state index contributed by atoms with van der Waals surface area (Å²) in [5.41, 5.74) is 0. The van der Waals surface area contributed by atoms with Crippen LogP contribution in [0.3, 0.4) is 0 Å². The lowest BCUT2D eigenvalue weighted by Gasteiger charge is -2.07. The largest absolute Gasteiger partial charge is 0.488 e. The molecule has 2 aromatic rings. The fourth-order valence-electron chi connectivity index (χ4n) is 1.53. The van der Waals surface area contributed by atoms with Crippen LogP contribution in [0.1, 0.15) is 6.92 Å². The average Bonchev–Trinajstić information content (AvgIpc) is 2.51. The fourth-order valence-corrected chi connectivity index (χ4v) is 1.53. The van der Waals surface area contributed by atoms with E-state index in [-0.39, 0.29) is 5.82 Å². The monoisotopic (exact) mass is 289 g/mol.